The van der Waals surface area contributed by atoms with E-state index in [2.05, 4.69) is 10.3 Å². The molecule has 0 saturated carbocycles. The van der Waals surface area contributed by atoms with E-state index < -0.39 is 0 Å². The topological polar surface area (TPSA) is 63.7 Å². The second kappa shape index (κ2) is 7.56. The summed E-state index contributed by atoms with van der Waals surface area (Å²) in [5.74, 6) is 2.18. The quantitative estimate of drug-likeness (QED) is 0.851. The average Bonchev–Trinajstić information content (AvgIpc) is 3.11. The Labute approximate surface area is 159 Å². The van der Waals surface area contributed by atoms with Crippen LogP contribution in [0.1, 0.15) is 23.2 Å². The fraction of sp³-hybridized carbons (Fsp3) is 0.429. The van der Waals surface area contributed by atoms with Crippen molar-refractivity contribution in [1.29, 1.82) is 0 Å². The van der Waals surface area contributed by atoms with Crippen molar-refractivity contribution < 1.29 is 14.3 Å². The summed E-state index contributed by atoms with van der Waals surface area (Å²) >= 11 is 0. The van der Waals surface area contributed by atoms with E-state index in [0.29, 0.717) is 24.6 Å². The molecule has 0 bridgehead atoms. The van der Waals surface area contributed by atoms with Crippen molar-refractivity contribution in [2.45, 2.75) is 18.4 Å². The van der Waals surface area contributed by atoms with Crippen molar-refractivity contribution in [2.24, 2.45) is 5.92 Å². The van der Waals surface area contributed by atoms with Crippen molar-refractivity contribution in [1.82, 2.24) is 9.88 Å². The molecule has 1 aromatic carbocycles. The highest BCUT2D eigenvalue weighted by Crippen LogP contribution is 2.42. The van der Waals surface area contributed by atoms with Gasteiger partial charge in [0.25, 0.3) is 5.91 Å². The van der Waals surface area contributed by atoms with Crippen LogP contribution in [0.15, 0.2) is 48.7 Å². The number of aromatic nitrogens is 1. The number of carbonyl (C=O) groups excluding carboxylic acids is 1. The van der Waals surface area contributed by atoms with Crippen LogP contribution in [0, 0.1) is 5.92 Å². The molecule has 3 heterocycles. The summed E-state index contributed by atoms with van der Waals surface area (Å²) in [6, 6.07) is 13.1. The predicted molar refractivity (Wildman–Crippen MR) is 103 cm³/mol. The molecule has 1 amide bonds. The molecule has 1 N–H and O–H groups in total. The Morgan fingerprint density at radius 2 is 2.11 bits per heavy atom. The highest BCUT2D eigenvalue weighted by Gasteiger charge is 2.54. The molecule has 0 radical (unpaired) electrons. The largest absolute Gasteiger partial charge is 0.497 e. The average molecular weight is 367 g/mol. The van der Waals surface area contributed by atoms with Gasteiger partial charge in [-0.2, -0.15) is 0 Å². The minimum atomic E-state index is -0.173. The van der Waals surface area contributed by atoms with Gasteiger partial charge in [0.05, 0.1) is 20.2 Å². The molecular weight excluding hydrogens is 342 g/mol. The number of methoxy groups -OCH3 is 1. The molecule has 2 aliphatic rings. The van der Waals surface area contributed by atoms with Gasteiger partial charge in [0, 0.05) is 24.9 Å². The summed E-state index contributed by atoms with van der Waals surface area (Å²) in [6.45, 7) is 2.98. The van der Waals surface area contributed by atoms with Gasteiger partial charge in [-0.1, -0.05) is 6.07 Å². The smallest absolute Gasteiger partial charge is 0.254 e. The summed E-state index contributed by atoms with van der Waals surface area (Å²) in [4.78, 5) is 18.9. The summed E-state index contributed by atoms with van der Waals surface area (Å²) in [5, 5.41) is 3.37. The van der Waals surface area contributed by atoms with Crippen molar-refractivity contribution >= 4 is 11.7 Å². The fourth-order valence-electron chi connectivity index (χ4n) is 4.04. The number of hydrogen-bond acceptors (Lipinski definition) is 5. The molecule has 2 aliphatic heterocycles. The van der Waals surface area contributed by atoms with Crippen LogP contribution >= 0.6 is 0 Å². The highest BCUT2D eigenvalue weighted by molar-refractivity contribution is 5.95. The number of nitrogens with one attached hydrogen (secondary N) is 1. The monoisotopic (exact) mass is 367 g/mol. The second-order valence-electron chi connectivity index (χ2n) is 7.22. The number of rotatable bonds is 6. The Kier molecular flexibility index (Phi) is 4.99. The fourth-order valence-corrected chi connectivity index (χ4v) is 4.04. The Hall–Kier alpha value is -2.60. The van der Waals surface area contributed by atoms with Gasteiger partial charge >= 0.3 is 0 Å². The summed E-state index contributed by atoms with van der Waals surface area (Å²) in [7, 11) is 1.62. The number of ether oxygens (including phenoxy) is 2. The van der Waals surface area contributed by atoms with Crippen molar-refractivity contribution in [3.8, 4) is 5.75 Å². The zero-order chi connectivity index (χ0) is 18.7. The second-order valence-corrected chi connectivity index (χ2v) is 7.22. The van der Waals surface area contributed by atoms with Crippen LogP contribution in [0.25, 0.3) is 0 Å². The van der Waals surface area contributed by atoms with Gasteiger partial charge in [0.2, 0.25) is 0 Å². The van der Waals surface area contributed by atoms with Crippen LogP contribution in [-0.4, -0.2) is 54.7 Å². The molecule has 2 fully saturated rings. The molecule has 6 heteroatoms. The van der Waals surface area contributed by atoms with Crippen LogP contribution in [0.3, 0.4) is 0 Å². The molecule has 1 spiro atoms. The lowest BCUT2D eigenvalue weighted by Gasteiger charge is -2.50. The first-order valence-corrected chi connectivity index (χ1v) is 9.42. The van der Waals surface area contributed by atoms with Crippen LogP contribution in [0.4, 0.5) is 5.82 Å². The predicted octanol–water partition coefficient (Wildman–Crippen LogP) is 2.82. The van der Waals surface area contributed by atoms with Gasteiger partial charge < -0.3 is 19.7 Å². The molecule has 2 aromatic rings. The van der Waals surface area contributed by atoms with E-state index in [4.69, 9.17) is 9.47 Å². The van der Waals surface area contributed by atoms with Crippen LogP contribution in [0.2, 0.25) is 0 Å². The lowest BCUT2D eigenvalue weighted by molar-refractivity contribution is -0.117. The van der Waals surface area contributed by atoms with Crippen LogP contribution in [-0.2, 0) is 4.74 Å². The summed E-state index contributed by atoms with van der Waals surface area (Å²) in [6.07, 6.45) is 3.85. The van der Waals surface area contributed by atoms with Crippen molar-refractivity contribution in [3.05, 3.63) is 54.2 Å². The number of benzene rings is 1. The van der Waals surface area contributed by atoms with E-state index in [-0.39, 0.29) is 11.5 Å². The molecule has 0 aliphatic carbocycles. The Morgan fingerprint density at radius 3 is 2.81 bits per heavy atom. The van der Waals surface area contributed by atoms with Gasteiger partial charge in [-0.05, 0) is 55.2 Å². The lowest BCUT2D eigenvalue weighted by atomic mass is 9.78. The SMILES string of the molecule is COc1ccc(C(=O)N2CC3(C2)OCC[C@@H]3CCNc2ccccn2)cc1. The zero-order valence-electron chi connectivity index (χ0n) is 15.6. The van der Waals surface area contributed by atoms with Gasteiger partial charge in [-0.3, -0.25) is 4.79 Å². The van der Waals surface area contributed by atoms with E-state index in [1.54, 1.807) is 13.3 Å². The summed E-state index contributed by atoms with van der Waals surface area (Å²) in [5.41, 5.74) is 0.519. The Balaban J connectivity index is 1.31. The number of nitrogens with zero attached hydrogens (tertiary/aromatic N) is 2. The number of carbonyl (C=O) groups is 1. The first kappa shape index (κ1) is 17.8. The van der Waals surface area contributed by atoms with Crippen LogP contribution < -0.4 is 10.1 Å². The van der Waals surface area contributed by atoms with E-state index in [9.17, 15) is 4.79 Å². The molecule has 2 saturated heterocycles. The third-order valence-electron chi connectivity index (χ3n) is 5.60. The van der Waals surface area contributed by atoms with Gasteiger partial charge in [-0.25, -0.2) is 4.98 Å². The molecule has 0 unspecified atom stereocenters. The summed E-state index contributed by atoms with van der Waals surface area (Å²) < 4.78 is 11.2. The maximum atomic E-state index is 12.7. The Morgan fingerprint density at radius 1 is 1.30 bits per heavy atom. The molecule has 142 valence electrons. The standard InChI is InChI=1S/C21H25N3O3/c1-26-18-7-5-16(6-8-18)20(25)24-14-21(15-24)17(10-13-27-21)9-12-23-19-4-2-3-11-22-19/h2-8,11,17H,9-10,12-15H2,1H3,(H,22,23)/t17-/m0/s1. The first-order chi connectivity index (χ1) is 13.2. The number of likely N-dealkylation sites (tertiary alicyclic amines) is 1. The van der Waals surface area contributed by atoms with Gasteiger partial charge in [-0.15, -0.1) is 0 Å². The molecular formula is C21H25N3O3. The third-order valence-corrected chi connectivity index (χ3v) is 5.60. The number of hydrogen-bond donors (Lipinski definition) is 1. The normalized spacial score (nSPS) is 20.3. The lowest BCUT2D eigenvalue weighted by Crippen LogP contribution is -2.66. The van der Waals surface area contributed by atoms with Gasteiger partial charge in [0.1, 0.15) is 17.2 Å². The van der Waals surface area contributed by atoms with E-state index in [1.807, 2.05) is 47.4 Å². The third kappa shape index (κ3) is 3.62. The number of pyridine rings is 1. The van der Waals surface area contributed by atoms with Crippen molar-refractivity contribution in [2.75, 3.05) is 38.7 Å². The highest BCUT2D eigenvalue weighted by atomic mass is 16.5. The zero-order valence-corrected chi connectivity index (χ0v) is 15.6. The van der Waals surface area contributed by atoms with Crippen LogP contribution in [0.5, 0.6) is 5.75 Å². The number of amides is 1. The first-order valence-electron chi connectivity index (χ1n) is 9.42. The molecule has 4 rings (SSSR count). The van der Waals surface area contributed by atoms with E-state index in [0.717, 1.165) is 37.6 Å². The Bertz CT molecular complexity index is 773. The maximum absolute atomic E-state index is 12.7. The van der Waals surface area contributed by atoms with Gasteiger partial charge in [0.15, 0.2) is 0 Å². The van der Waals surface area contributed by atoms with Crippen molar-refractivity contribution in [3.63, 3.8) is 0 Å². The molecule has 1 atom stereocenters. The maximum Gasteiger partial charge on any atom is 0.254 e. The number of anilines is 1. The molecule has 6 nitrogen and oxygen atoms in total. The molecule has 27 heavy (non-hydrogen) atoms. The minimum absolute atomic E-state index is 0.0594. The van der Waals surface area contributed by atoms with E-state index in [1.165, 1.54) is 0 Å². The van der Waals surface area contributed by atoms with E-state index >= 15 is 0 Å². The minimum Gasteiger partial charge on any atom is -0.497 e. The molecule has 1 aromatic heterocycles.